The lowest BCUT2D eigenvalue weighted by Crippen LogP contribution is -2.06. The summed E-state index contributed by atoms with van der Waals surface area (Å²) in [4.78, 5) is 2.92. The zero-order valence-corrected chi connectivity index (χ0v) is 5.75. The Bertz CT molecular complexity index is 172. The Labute approximate surface area is 59.9 Å². The summed E-state index contributed by atoms with van der Waals surface area (Å²) in [6.07, 6.45) is 1.97. The van der Waals surface area contributed by atoms with Gasteiger partial charge in [0.25, 0.3) is 0 Å². The number of H-pyrrole nitrogens is 1. The number of aliphatic hydroxyl groups is 1. The Balaban J connectivity index is 2.50. The maximum Gasteiger partial charge on any atom is 0.0949 e. The summed E-state index contributed by atoms with van der Waals surface area (Å²) in [5.41, 5.74) is 6.10. The average Bonchev–Trinajstić information content (AvgIpc) is 2.38. The number of nitrogens with two attached hydrogens (primary N) is 1. The predicted octanol–water partition coefficient (Wildman–Crippen LogP) is 0.397. The molecule has 0 aliphatic rings. The van der Waals surface area contributed by atoms with Crippen LogP contribution in [-0.4, -0.2) is 16.6 Å². The zero-order valence-electron chi connectivity index (χ0n) is 5.75. The van der Waals surface area contributed by atoms with Crippen LogP contribution in [0.25, 0.3) is 0 Å². The first kappa shape index (κ1) is 7.31. The van der Waals surface area contributed by atoms with Crippen molar-refractivity contribution in [2.75, 3.05) is 6.54 Å². The van der Waals surface area contributed by atoms with Gasteiger partial charge in [0.05, 0.1) is 6.10 Å². The molecule has 1 atom stereocenters. The molecule has 10 heavy (non-hydrogen) atoms. The van der Waals surface area contributed by atoms with E-state index in [4.69, 9.17) is 5.73 Å². The van der Waals surface area contributed by atoms with E-state index >= 15 is 0 Å². The largest absolute Gasteiger partial charge is 0.387 e. The van der Waals surface area contributed by atoms with E-state index in [9.17, 15) is 5.11 Å². The molecular formula is C7H12N2O. The third kappa shape index (κ3) is 1.59. The maximum absolute atomic E-state index is 9.30. The number of aromatic nitrogens is 1. The number of nitrogens with one attached hydrogen (secondary N) is 1. The highest BCUT2D eigenvalue weighted by Crippen LogP contribution is 2.11. The van der Waals surface area contributed by atoms with Crippen molar-refractivity contribution >= 4 is 0 Å². The molecule has 1 aromatic heterocycles. The quantitative estimate of drug-likeness (QED) is 0.569. The first-order valence-electron chi connectivity index (χ1n) is 3.36. The van der Waals surface area contributed by atoms with Crippen LogP contribution in [0.5, 0.6) is 0 Å². The van der Waals surface area contributed by atoms with Gasteiger partial charge in [0.2, 0.25) is 0 Å². The highest BCUT2D eigenvalue weighted by molar-refractivity contribution is 5.06. The van der Waals surface area contributed by atoms with E-state index in [2.05, 4.69) is 4.98 Å². The smallest absolute Gasteiger partial charge is 0.0949 e. The van der Waals surface area contributed by atoms with Gasteiger partial charge in [0.15, 0.2) is 0 Å². The van der Waals surface area contributed by atoms with Gasteiger partial charge in [-0.3, -0.25) is 0 Å². The maximum atomic E-state index is 9.30. The molecule has 0 aromatic carbocycles. The molecule has 1 heterocycles. The Kier molecular flexibility index (Phi) is 2.48. The molecule has 1 rings (SSSR count). The van der Waals surface area contributed by atoms with Crippen molar-refractivity contribution in [1.29, 1.82) is 0 Å². The van der Waals surface area contributed by atoms with Crippen molar-refractivity contribution < 1.29 is 5.11 Å². The average molecular weight is 140 g/mol. The lowest BCUT2D eigenvalue weighted by molar-refractivity contribution is 0.166. The van der Waals surface area contributed by atoms with Gasteiger partial charge in [0, 0.05) is 11.9 Å². The second kappa shape index (κ2) is 3.39. The molecule has 0 aliphatic heterocycles. The summed E-state index contributed by atoms with van der Waals surface area (Å²) < 4.78 is 0. The molecule has 4 N–H and O–H groups in total. The van der Waals surface area contributed by atoms with E-state index in [1.807, 2.05) is 12.1 Å². The van der Waals surface area contributed by atoms with Crippen molar-refractivity contribution in [2.45, 2.75) is 12.5 Å². The molecule has 3 heteroatoms. The molecule has 0 unspecified atom stereocenters. The summed E-state index contributed by atoms with van der Waals surface area (Å²) in [5.74, 6) is 0. The fraction of sp³-hybridized carbons (Fsp3) is 0.429. The number of aliphatic hydroxyl groups excluding tert-OH is 1. The minimum atomic E-state index is -0.431. The first-order chi connectivity index (χ1) is 4.84. The van der Waals surface area contributed by atoms with Crippen LogP contribution in [0.15, 0.2) is 18.3 Å². The third-order valence-corrected chi connectivity index (χ3v) is 1.42. The van der Waals surface area contributed by atoms with Gasteiger partial charge in [-0.25, -0.2) is 0 Å². The second-order valence-corrected chi connectivity index (χ2v) is 2.22. The highest BCUT2D eigenvalue weighted by atomic mass is 16.3. The monoisotopic (exact) mass is 140 g/mol. The Morgan fingerprint density at radius 1 is 1.70 bits per heavy atom. The second-order valence-electron chi connectivity index (χ2n) is 2.22. The fourth-order valence-electron chi connectivity index (χ4n) is 0.865. The van der Waals surface area contributed by atoms with E-state index in [1.54, 1.807) is 6.20 Å². The predicted molar refractivity (Wildman–Crippen MR) is 39.4 cm³/mol. The zero-order chi connectivity index (χ0) is 7.40. The minimum Gasteiger partial charge on any atom is -0.387 e. The van der Waals surface area contributed by atoms with E-state index in [-0.39, 0.29) is 0 Å². The van der Waals surface area contributed by atoms with E-state index in [1.165, 1.54) is 0 Å². The van der Waals surface area contributed by atoms with Crippen molar-refractivity contribution in [2.24, 2.45) is 5.73 Å². The summed E-state index contributed by atoms with van der Waals surface area (Å²) in [7, 11) is 0. The molecule has 0 aliphatic carbocycles. The third-order valence-electron chi connectivity index (χ3n) is 1.42. The molecule has 0 saturated carbocycles. The molecule has 0 fully saturated rings. The number of hydrogen-bond donors (Lipinski definition) is 3. The van der Waals surface area contributed by atoms with Gasteiger partial charge in [0.1, 0.15) is 0 Å². The topological polar surface area (TPSA) is 62.0 Å². The summed E-state index contributed by atoms with van der Waals surface area (Å²) in [5, 5.41) is 9.30. The van der Waals surface area contributed by atoms with Crippen LogP contribution < -0.4 is 5.73 Å². The molecule has 3 nitrogen and oxygen atoms in total. The van der Waals surface area contributed by atoms with E-state index in [0.29, 0.717) is 13.0 Å². The summed E-state index contributed by atoms with van der Waals surface area (Å²) >= 11 is 0. The molecule has 0 radical (unpaired) electrons. The van der Waals surface area contributed by atoms with Crippen LogP contribution in [0, 0.1) is 0 Å². The molecule has 1 aromatic rings. The van der Waals surface area contributed by atoms with Crippen molar-refractivity contribution in [3.63, 3.8) is 0 Å². The molecule has 56 valence electrons. The molecule has 0 saturated heterocycles. The van der Waals surface area contributed by atoms with Crippen LogP contribution in [0.1, 0.15) is 18.2 Å². The Hall–Kier alpha value is -0.800. The van der Waals surface area contributed by atoms with Crippen LogP contribution in [0.3, 0.4) is 0 Å². The van der Waals surface area contributed by atoms with Crippen LogP contribution >= 0.6 is 0 Å². The number of rotatable bonds is 3. The standard InChI is InChI=1S/C7H12N2O/c8-4-3-7(10)6-2-1-5-9-6/h1-2,5,7,9-10H,3-4,8H2/t7-/m0/s1. The molecule has 0 bridgehead atoms. The summed E-state index contributed by atoms with van der Waals surface area (Å²) in [6.45, 7) is 0.514. The van der Waals surface area contributed by atoms with Crippen LogP contribution in [-0.2, 0) is 0 Å². The van der Waals surface area contributed by atoms with Gasteiger partial charge in [-0.2, -0.15) is 0 Å². The molecular weight excluding hydrogens is 128 g/mol. The summed E-state index contributed by atoms with van der Waals surface area (Å²) in [6, 6.07) is 3.70. The van der Waals surface area contributed by atoms with Crippen molar-refractivity contribution in [1.82, 2.24) is 4.98 Å². The van der Waals surface area contributed by atoms with Crippen LogP contribution in [0.4, 0.5) is 0 Å². The SMILES string of the molecule is NCC[C@H](O)c1ccc[nH]1. The van der Waals surface area contributed by atoms with Gasteiger partial charge in [-0.1, -0.05) is 0 Å². The lowest BCUT2D eigenvalue weighted by Gasteiger charge is -2.05. The number of hydrogen-bond acceptors (Lipinski definition) is 2. The van der Waals surface area contributed by atoms with Gasteiger partial charge in [-0.05, 0) is 25.1 Å². The van der Waals surface area contributed by atoms with Crippen LogP contribution in [0.2, 0.25) is 0 Å². The number of aromatic amines is 1. The van der Waals surface area contributed by atoms with Gasteiger partial charge >= 0.3 is 0 Å². The first-order valence-corrected chi connectivity index (χ1v) is 3.36. The van der Waals surface area contributed by atoms with Gasteiger partial charge in [-0.15, -0.1) is 0 Å². The van der Waals surface area contributed by atoms with E-state index < -0.39 is 6.10 Å². The van der Waals surface area contributed by atoms with Gasteiger partial charge < -0.3 is 15.8 Å². The Morgan fingerprint density at radius 2 is 2.50 bits per heavy atom. The van der Waals surface area contributed by atoms with E-state index in [0.717, 1.165) is 5.69 Å². The fourth-order valence-corrected chi connectivity index (χ4v) is 0.865. The highest BCUT2D eigenvalue weighted by Gasteiger charge is 2.04. The van der Waals surface area contributed by atoms with Crippen molar-refractivity contribution in [3.05, 3.63) is 24.0 Å². The van der Waals surface area contributed by atoms with Crippen molar-refractivity contribution in [3.8, 4) is 0 Å². The molecule has 0 spiro atoms. The minimum absolute atomic E-state index is 0.431. The Morgan fingerprint density at radius 3 is 3.00 bits per heavy atom. The normalized spacial score (nSPS) is 13.4. The molecule has 0 amide bonds. The lowest BCUT2D eigenvalue weighted by atomic mass is 10.2.